The van der Waals surface area contributed by atoms with Gasteiger partial charge in [0.05, 0.1) is 5.92 Å². The predicted octanol–water partition coefficient (Wildman–Crippen LogP) is 3.21. The number of carbonyl (C=O) groups is 2. The molecule has 0 bridgehead atoms. The second kappa shape index (κ2) is 7.37. The largest absolute Gasteiger partial charge is 0.353 e. The van der Waals surface area contributed by atoms with E-state index in [-0.39, 0.29) is 17.7 Å². The molecule has 0 radical (unpaired) electrons. The molecule has 1 aromatic carbocycles. The van der Waals surface area contributed by atoms with Gasteiger partial charge in [-0.2, -0.15) is 0 Å². The third-order valence-electron chi connectivity index (χ3n) is 5.25. The number of benzene rings is 1. The van der Waals surface area contributed by atoms with Gasteiger partial charge in [0.25, 0.3) is 5.91 Å². The van der Waals surface area contributed by atoms with Gasteiger partial charge in [0, 0.05) is 24.7 Å². The van der Waals surface area contributed by atoms with Crippen molar-refractivity contribution in [2.75, 3.05) is 13.1 Å². The van der Waals surface area contributed by atoms with Gasteiger partial charge in [-0.1, -0.05) is 30.0 Å². The predicted molar refractivity (Wildman–Crippen MR) is 94.9 cm³/mol. The molecule has 1 aliphatic heterocycles. The van der Waals surface area contributed by atoms with Crippen molar-refractivity contribution in [3.05, 3.63) is 34.9 Å². The Balaban J connectivity index is 1.63. The SMILES string of the molecule is Cc1cc(C)cc(C(=O)N2CCC[C@@H](C(=O)NC3CCCC3)C2)c1. The van der Waals surface area contributed by atoms with Crippen molar-refractivity contribution in [2.24, 2.45) is 5.92 Å². The maximum Gasteiger partial charge on any atom is 0.253 e. The van der Waals surface area contributed by atoms with Crippen molar-refractivity contribution in [1.29, 1.82) is 0 Å². The molecule has 1 aliphatic carbocycles. The maximum atomic E-state index is 12.8. The van der Waals surface area contributed by atoms with Crippen molar-refractivity contribution in [2.45, 2.75) is 58.4 Å². The van der Waals surface area contributed by atoms with Crippen LogP contribution in [0.2, 0.25) is 0 Å². The number of likely N-dealkylation sites (tertiary alicyclic amines) is 1. The van der Waals surface area contributed by atoms with Crippen LogP contribution < -0.4 is 5.32 Å². The molecule has 1 saturated carbocycles. The smallest absolute Gasteiger partial charge is 0.253 e. The molecule has 4 heteroatoms. The van der Waals surface area contributed by atoms with Crippen LogP contribution in [0.5, 0.6) is 0 Å². The Morgan fingerprint density at radius 2 is 1.67 bits per heavy atom. The van der Waals surface area contributed by atoms with E-state index in [1.807, 2.05) is 30.9 Å². The highest BCUT2D eigenvalue weighted by Crippen LogP contribution is 2.22. The number of nitrogens with one attached hydrogen (secondary N) is 1. The molecule has 2 aliphatic rings. The minimum Gasteiger partial charge on any atom is -0.353 e. The molecule has 1 saturated heterocycles. The Bertz CT molecular complexity index is 600. The van der Waals surface area contributed by atoms with E-state index in [4.69, 9.17) is 0 Å². The van der Waals surface area contributed by atoms with E-state index in [2.05, 4.69) is 11.4 Å². The summed E-state index contributed by atoms with van der Waals surface area (Å²) in [5.41, 5.74) is 2.95. The number of carbonyl (C=O) groups excluding carboxylic acids is 2. The minimum atomic E-state index is -0.0609. The molecule has 0 aromatic heterocycles. The number of hydrogen-bond acceptors (Lipinski definition) is 2. The number of nitrogens with zero attached hydrogens (tertiary/aromatic N) is 1. The first kappa shape index (κ1) is 17.0. The van der Waals surface area contributed by atoms with Gasteiger partial charge in [-0.05, 0) is 51.7 Å². The summed E-state index contributed by atoms with van der Waals surface area (Å²) < 4.78 is 0. The van der Waals surface area contributed by atoms with E-state index in [0.29, 0.717) is 12.6 Å². The fourth-order valence-corrected chi connectivity index (χ4v) is 4.05. The maximum absolute atomic E-state index is 12.8. The highest BCUT2D eigenvalue weighted by molar-refractivity contribution is 5.95. The average Bonchev–Trinajstić information content (AvgIpc) is 3.06. The van der Waals surface area contributed by atoms with E-state index in [9.17, 15) is 9.59 Å². The molecule has 0 spiro atoms. The Morgan fingerprint density at radius 3 is 2.33 bits per heavy atom. The van der Waals surface area contributed by atoms with Crippen LogP contribution in [0.3, 0.4) is 0 Å². The minimum absolute atomic E-state index is 0.0557. The van der Waals surface area contributed by atoms with E-state index in [0.717, 1.165) is 48.9 Å². The Morgan fingerprint density at radius 1 is 1.00 bits per heavy atom. The van der Waals surface area contributed by atoms with E-state index >= 15 is 0 Å². The summed E-state index contributed by atoms with van der Waals surface area (Å²) >= 11 is 0. The molecule has 1 atom stereocenters. The standard InChI is InChI=1S/C20H28N2O2/c1-14-10-15(2)12-17(11-14)20(24)22-9-5-6-16(13-22)19(23)21-18-7-3-4-8-18/h10-12,16,18H,3-9,13H2,1-2H3,(H,21,23)/t16-/m1/s1. The Hall–Kier alpha value is -1.84. The second-order valence-corrected chi connectivity index (χ2v) is 7.46. The van der Waals surface area contributed by atoms with Gasteiger partial charge in [-0.25, -0.2) is 0 Å². The van der Waals surface area contributed by atoms with Gasteiger partial charge < -0.3 is 10.2 Å². The molecule has 2 fully saturated rings. The first-order chi connectivity index (χ1) is 11.5. The van der Waals surface area contributed by atoms with Crippen LogP contribution in [0.4, 0.5) is 0 Å². The quantitative estimate of drug-likeness (QED) is 0.926. The van der Waals surface area contributed by atoms with Gasteiger partial charge in [0.1, 0.15) is 0 Å². The summed E-state index contributed by atoms with van der Waals surface area (Å²) in [4.78, 5) is 27.2. The van der Waals surface area contributed by atoms with Gasteiger partial charge in [0.2, 0.25) is 5.91 Å². The van der Waals surface area contributed by atoms with E-state index < -0.39 is 0 Å². The highest BCUT2D eigenvalue weighted by atomic mass is 16.2. The third kappa shape index (κ3) is 3.97. The van der Waals surface area contributed by atoms with Crippen LogP contribution in [0, 0.1) is 19.8 Å². The summed E-state index contributed by atoms with van der Waals surface area (Å²) in [5, 5.41) is 3.19. The number of aryl methyl sites for hydroxylation is 2. The summed E-state index contributed by atoms with van der Waals surface area (Å²) in [7, 11) is 0. The molecule has 1 heterocycles. The first-order valence-electron chi connectivity index (χ1n) is 9.21. The van der Waals surface area contributed by atoms with Crippen molar-refractivity contribution in [1.82, 2.24) is 10.2 Å². The van der Waals surface area contributed by atoms with E-state index in [1.54, 1.807) is 0 Å². The van der Waals surface area contributed by atoms with Gasteiger partial charge in [0.15, 0.2) is 0 Å². The zero-order valence-corrected chi connectivity index (χ0v) is 14.8. The van der Waals surface area contributed by atoms with Crippen LogP contribution in [0.1, 0.15) is 60.0 Å². The molecular weight excluding hydrogens is 300 g/mol. The van der Waals surface area contributed by atoms with Crippen molar-refractivity contribution in [3.8, 4) is 0 Å². The second-order valence-electron chi connectivity index (χ2n) is 7.46. The molecule has 1 N–H and O–H groups in total. The summed E-state index contributed by atoms with van der Waals surface area (Å²) in [6.07, 6.45) is 6.42. The summed E-state index contributed by atoms with van der Waals surface area (Å²) in [6.45, 7) is 5.32. The summed E-state index contributed by atoms with van der Waals surface area (Å²) in [6, 6.07) is 6.31. The lowest BCUT2D eigenvalue weighted by Gasteiger charge is -2.32. The average molecular weight is 328 g/mol. The van der Waals surface area contributed by atoms with Crippen LogP contribution in [-0.4, -0.2) is 35.8 Å². The van der Waals surface area contributed by atoms with Gasteiger partial charge in [-0.15, -0.1) is 0 Å². The lowest BCUT2D eigenvalue weighted by atomic mass is 9.95. The van der Waals surface area contributed by atoms with Crippen LogP contribution in [0.15, 0.2) is 18.2 Å². The zero-order chi connectivity index (χ0) is 17.1. The van der Waals surface area contributed by atoms with Crippen molar-refractivity contribution < 1.29 is 9.59 Å². The number of rotatable bonds is 3. The molecule has 130 valence electrons. The van der Waals surface area contributed by atoms with Crippen LogP contribution >= 0.6 is 0 Å². The van der Waals surface area contributed by atoms with Crippen LogP contribution in [0.25, 0.3) is 0 Å². The van der Waals surface area contributed by atoms with Crippen molar-refractivity contribution in [3.63, 3.8) is 0 Å². The number of hydrogen-bond donors (Lipinski definition) is 1. The number of piperidine rings is 1. The molecule has 0 unspecified atom stereocenters. The first-order valence-corrected chi connectivity index (χ1v) is 9.21. The van der Waals surface area contributed by atoms with Gasteiger partial charge in [-0.3, -0.25) is 9.59 Å². The van der Waals surface area contributed by atoms with E-state index in [1.165, 1.54) is 12.8 Å². The summed E-state index contributed by atoms with van der Waals surface area (Å²) in [5.74, 6) is 0.134. The molecule has 4 nitrogen and oxygen atoms in total. The zero-order valence-electron chi connectivity index (χ0n) is 14.8. The highest BCUT2D eigenvalue weighted by Gasteiger charge is 2.30. The van der Waals surface area contributed by atoms with Crippen molar-refractivity contribution >= 4 is 11.8 Å². The molecule has 1 aromatic rings. The molecule has 2 amide bonds. The van der Waals surface area contributed by atoms with Gasteiger partial charge >= 0.3 is 0 Å². The molecule has 3 rings (SSSR count). The molecule has 24 heavy (non-hydrogen) atoms. The molecular formula is C20H28N2O2. The topological polar surface area (TPSA) is 49.4 Å². The lowest BCUT2D eigenvalue weighted by molar-refractivity contribution is -0.127. The normalized spacial score (nSPS) is 21.8. The third-order valence-corrected chi connectivity index (χ3v) is 5.25. The Kier molecular flexibility index (Phi) is 5.22. The fourth-order valence-electron chi connectivity index (χ4n) is 4.05. The monoisotopic (exact) mass is 328 g/mol. The number of amides is 2. The van der Waals surface area contributed by atoms with Crippen LogP contribution in [-0.2, 0) is 4.79 Å². The fraction of sp³-hybridized carbons (Fsp3) is 0.600. The lowest BCUT2D eigenvalue weighted by Crippen LogP contribution is -2.47. The Labute approximate surface area is 144 Å².